The molecule has 0 bridgehead atoms. The summed E-state index contributed by atoms with van der Waals surface area (Å²) in [5, 5.41) is 9.21. The number of aliphatic hydroxyl groups is 1. The molecule has 0 aliphatic carbocycles. The standard InChI is InChI=1S/C14H23NO3S/c1-11(2)13-5-7-14(8-6-13)19(17,18)15(4)10-9-12(3)16/h5-8,11-12,16H,9-10H2,1-4H3. The molecule has 0 fully saturated rings. The van der Waals surface area contributed by atoms with Crippen LogP contribution in [0.1, 0.15) is 38.7 Å². The minimum absolute atomic E-state index is 0.296. The molecule has 0 amide bonds. The van der Waals surface area contributed by atoms with Gasteiger partial charge in [-0.2, -0.15) is 0 Å². The van der Waals surface area contributed by atoms with Gasteiger partial charge in [0.05, 0.1) is 11.0 Å². The van der Waals surface area contributed by atoms with Crippen LogP contribution in [0.15, 0.2) is 29.2 Å². The highest BCUT2D eigenvalue weighted by Gasteiger charge is 2.20. The van der Waals surface area contributed by atoms with Crippen molar-refractivity contribution < 1.29 is 13.5 Å². The molecule has 4 nitrogen and oxygen atoms in total. The quantitative estimate of drug-likeness (QED) is 0.871. The Morgan fingerprint density at radius 2 is 1.68 bits per heavy atom. The molecule has 0 aliphatic heterocycles. The van der Waals surface area contributed by atoms with Crippen LogP contribution in [0.4, 0.5) is 0 Å². The maximum Gasteiger partial charge on any atom is 0.242 e. The number of benzene rings is 1. The third-order valence-electron chi connectivity index (χ3n) is 3.12. The van der Waals surface area contributed by atoms with Gasteiger partial charge in [0.25, 0.3) is 0 Å². The van der Waals surface area contributed by atoms with Gasteiger partial charge in [0.15, 0.2) is 0 Å². The number of hydrogen-bond donors (Lipinski definition) is 1. The van der Waals surface area contributed by atoms with E-state index < -0.39 is 16.1 Å². The van der Waals surface area contributed by atoms with E-state index in [1.54, 1.807) is 19.1 Å². The van der Waals surface area contributed by atoms with Crippen LogP contribution >= 0.6 is 0 Å². The summed E-state index contributed by atoms with van der Waals surface area (Å²) in [4.78, 5) is 0.296. The molecule has 0 spiro atoms. The Hall–Kier alpha value is -0.910. The molecule has 1 N–H and O–H groups in total. The van der Waals surface area contributed by atoms with Gasteiger partial charge >= 0.3 is 0 Å². The van der Waals surface area contributed by atoms with E-state index in [4.69, 9.17) is 0 Å². The predicted octanol–water partition coefficient (Wildman–Crippen LogP) is 2.20. The predicted molar refractivity (Wildman–Crippen MR) is 76.6 cm³/mol. The lowest BCUT2D eigenvalue weighted by Crippen LogP contribution is -2.29. The third-order valence-corrected chi connectivity index (χ3v) is 4.99. The average molecular weight is 285 g/mol. The Morgan fingerprint density at radius 1 is 1.16 bits per heavy atom. The van der Waals surface area contributed by atoms with Gasteiger partial charge in [-0.1, -0.05) is 26.0 Å². The first-order chi connectivity index (χ1) is 8.75. The van der Waals surface area contributed by atoms with Crippen molar-refractivity contribution in [2.75, 3.05) is 13.6 Å². The maximum atomic E-state index is 12.3. The summed E-state index contributed by atoms with van der Waals surface area (Å²) in [7, 11) is -1.92. The number of aliphatic hydroxyl groups excluding tert-OH is 1. The average Bonchev–Trinajstić information content (AvgIpc) is 2.35. The van der Waals surface area contributed by atoms with Gasteiger partial charge in [0.1, 0.15) is 0 Å². The van der Waals surface area contributed by atoms with Crippen molar-refractivity contribution in [2.24, 2.45) is 0 Å². The van der Waals surface area contributed by atoms with Crippen molar-refractivity contribution in [1.29, 1.82) is 0 Å². The zero-order valence-corrected chi connectivity index (χ0v) is 12.8. The van der Waals surface area contributed by atoms with Crippen LogP contribution in [0.25, 0.3) is 0 Å². The second kappa shape index (κ2) is 6.50. The van der Waals surface area contributed by atoms with Gasteiger partial charge in [-0.3, -0.25) is 0 Å². The van der Waals surface area contributed by atoms with Gasteiger partial charge < -0.3 is 5.11 Å². The summed E-state index contributed by atoms with van der Waals surface area (Å²) in [6.07, 6.45) is -0.0687. The van der Waals surface area contributed by atoms with Crippen LogP contribution in [-0.2, 0) is 10.0 Å². The molecule has 1 aromatic carbocycles. The zero-order chi connectivity index (χ0) is 14.6. The van der Waals surface area contributed by atoms with E-state index in [2.05, 4.69) is 13.8 Å². The highest BCUT2D eigenvalue weighted by molar-refractivity contribution is 7.89. The van der Waals surface area contributed by atoms with Crippen LogP contribution < -0.4 is 0 Å². The van der Waals surface area contributed by atoms with Crippen molar-refractivity contribution in [3.05, 3.63) is 29.8 Å². The highest BCUT2D eigenvalue weighted by Crippen LogP contribution is 2.19. The fraction of sp³-hybridized carbons (Fsp3) is 0.571. The Balaban J connectivity index is 2.87. The second-order valence-corrected chi connectivity index (χ2v) is 7.23. The van der Waals surface area contributed by atoms with E-state index >= 15 is 0 Å². The van der Waals surface area contributed by atoms with Crippen LogP contribution in [0, 0.1) is 0 Å². The molecule has 0 saturated heterocycles. The fourth-order valence-electron chi connectivity index (χ4n) is 1.69. The summed E-state index contributed by atoms with van der Waals surface area (Å²) < 4.78 is 25.8. The molecule has 5 heteroatoms. The molecule has 1 aromatic rings. The molecule has 1 atom stereocenters. The molecule has 19 heavy (non-hydrogen) atoms. The number of rotatable bonds is 6. The molecule has 0 saturated carbocycles. The second-order valence-electron chi connectivity index (χ2n) is 5.19. The van der Waals surface area contributed by atoms with Crippen molar-refractivity contribution in [3.63, 3.8) is 0 Å². The van der Waals surface area contributed by atoms with Crippen LogP contribution in [-0.4, -0.2) is 37.5 Å². The van der Waals surface area contributed by atoms with Crippen LogP contribution in [0.2, 0.25) is 0 Å². The SMILES string of the molecule is CC(O)CCN(C)S(=O)(=O)c1ccc(C(C)C)cc1. The summed E-state index contributed by atoms with van der Waals surface area (Å²) in [5.41, 5.74) is 1.12. The molecular weight excluding hydrogens is 262 g/mol. The molecule has 0 radical (unpaired) electrons. The van der Waals surface area contributed by atoms with Crippen molar-refractivity contribution in [3.8, 4) is 0 Å². The number of hydrogen-bond acceptors (Lipinski definition) is 3. The summed E-state index contributed by atoms with van der Waals surface area (Å²) in [6, 6.07) is 6.98. The molecule has 1 rings (SSSR count). The third kappa shape index (κ3) is 4.30. The first-order valence-corrected chi connectivity index (χ1v) is 7.93. The van der Waals surface area contributed by atoms with Crippen LogP contribution in [0.3, 0.4) is 0 Å². The lowest BCUT2D eigenvalue weighted by Gasteiger charge is -2.18. The summed E-state index contributed by atoms with van der Waals surface area (Å²) in [6.45, 7) is 6.10. The molecule has 0 aromatic heterocycles. The molecule has 0 aliphatic rings. The minimum atomic E-state index is -3.45. The number of nitrogens with zero attached hydrogens (tertiary/aromatic N) is 1. The van der Waals surface area contributed by atoms with E-state index in [0.717, 1.165) is 5.56 Å². The van der Waals surface area contributed by atoms with Crippen molar-refractivity contribution >= 4 is 10.0 Å². The van der Waals surface area contributed by atoms with Gasteiger partial charge in [-0.05, 0) is 37.0 Å². The maximum absolute atomic E-state index is 12.3. The Labute approximate surface area is 116 Å². The van der Waals surface area contributed by atoms with Crippen LogP contribution in [0.5, 0.6) is 0 Å². The van der Waals surface area contributed by atoms with Crippen molar-refractivity contribution in [1.82, 2.24) is 4.31 Å². The Morgan fingerprint density at radius 3 is 2.11 bits per heavy atom. The molecule has 108 valence electrons. The highest BCUT2D eigenvalue weighted by atomic mass is 32.2. The molecule has 1 unspecified atom stereocenters. The first kappa shape index (κ1) is 16.1. The van der Waals surface area contributed by atoms with Gasteiger partial charge in [-0.15, -0.1) is 0 Å². The smallest absolute Gasteiger partial charge is 0.242 e. The zero-order valence-electron chi connectivity index (χ0n) is 12.0. The Bertz CT molecular complexity index is 492. The Kier molecular flexibility index (Phi) is 5.52. The van der Waals surface area contributed by atoms with E-state index in [0.29, 0.717) is 23.8 Å². The summed E-state index contributed by atoms with van der Waals surface area (Å²) >= 11 is 0. The van der Waals surface area contributed by atoms with Gasteiger partial charge in [-0.25, -0.2) is 12.7 Å². The largest absolute Gasteiger partial charge is 0.393 e. The lowest BCUT2D eigenvalue weighted by molar-refractivity contribution is 0.177. The van der Waals surface area contributed by atoms with E-state index in [1.165, 1.54) is 11.4 Å². The van der Waals surface area contributed by atoms with E-state index in [-0.39, 0.29) is 0 Å². The lowest BCUT2D eigenvalue weighted by atomic mass is 10.0. The molecule has 0 heterocycles. The monoisotopic (exact) mass is 285 g/mol. The first-order valence-electron chi connectivity index (χ1n) is 6.49. The normalized spacial score (nSPS) is 14.1. The summed E-state index contributed by atoms with van der Waals surface area (Å²) in [5.74, 6) is 0.379. The van der Waals surface area contributed by atoms with E-state index in [9.17, 15) is 13.5 Å². The van der Waals surface area contributed by atoms with E-state index in [1.807, 2.05) is 12.1 Å². The fourth-order valence-corrected chi connectivity index (χ4v) is 2.88. The number of sulfonamides is 1. The molecular formula is C14H23NO3S. The van der Waals surface area contributed by atoms with Gasteiger partial charge in [0.2, 0.25) is 10.0 Å². The topological polar surface area (TPSA) is 57.6 Å². The minimum Gasteiger partial charge on any atom is -0.393 e. The van der Waals surface area contributed by atoms with Crippen molar-refractivity contribution in [2.45, 2.75) is 44.1 Å². The van der Waals surface area contributed by atoms with Gasteiger partial charge in [0, 0.05) is 13.6 Å².